The van der Waals surface area contributed by atoms with Crippen LogP contribution in [0, 0.1) is 16.7 Å². The van der Waals surface area contributed by atoms with Gasteiger partial charge < -0.3 is 10.3 Å². The molecule has 112 valence electrons. The molecule has 2 rings (SSSR count). The Bertz CT molecular complexity index is 852. The molecular formula is C15H12Cl2N4O. The van der Waals surface area contributed by atoms with Crippen molar-refractivity contribution in [1.82, 2.24) is 4.57 Å². The van der Waals surface area contributed by atoms with E-state index in [4.69, 9.17) is 39.6 Å². The Labute approximate surface area is 137 Å². The zero-order chi connectivity index (χ0) is 16.4. The summed E-state index contributed by atoms with van der Waals surface area (Å²) in [5.74, 6) is -0.725. The highest BCUT2D eigenvalue weighted by Gasteiger charge is 2.15. The first-order valence-corrected chi connectivity index (χ1v) is 7.05. The number of primary amides is 1. The fraction of sp³-hybridized carbons (Fsp3) is 0.133. The summed E-state index contributed by atoms with van der Waals surface area (Å²) >= 11 is 12.0. The SMILES string of the molecule is CC(c1cc(Cl)cc(C#N)c1)n1cc(Cl)cc(C(N)=O)c1=N. The zero-order valence-corrected chi connectivity index (χ0v) is 13.1. The number of amides is 1. The van der Waals surface area contributed by atoms with Crippen LogP contribution in [0.2, 0.25) is 10.0 Å². The number of carbonyl (C=O) groups is 1. The van der Waals surface area contributed by atoms with Gasteiger partial charge in [-0.25, -0.2) is 0 Å². The van der Waals surface area contributed by atoms with Crippen molar-refractivity contribution in [3.05, 3.63) is 62.7 Å². The van der Waals surface area contributed by atoms with Crippen molar-refractivity contribution in [3.63, 3.8) is 0 Å². The molecule has 0 saturated carbocycles. The monoisotopic (exact) mass is 334 g/mol. The van der Waals surface area contributed by atoms with Crippen LogP contribution in [0.4, 0.5) is 0 Å². The lowest BCUT2D eigenvalue weighted by molar-refractivity contribution is 0.0997. The Morgan fingerprint density at radius 2 is 2.00 bits per heavy atom. The average Bonchev–Trinajstić information content (AvgIpc) is 2.47. The maximum Gasteiger partial charge on any atom is 0.252 e. The molecule has 0 aliphatic rings. The van der Waals surface area contributed by atoms with Gasteiger partial charge in [-0.1, -0.05) is 23.2 Å². The number of carbonyl (C=O) groups excluding carboxylic acids is 1. The number of nitrogens with one attached hydrogen (secondary N) is 1. The summed E-state index contributed by atoms with van der Waals surface area (Å²) in [4.78, 5) is 11.4. The van der Waals surface area contributed by atoms with Gasteiger partial charge in [0.15, 0.2) is 0 Å². The number of aromatic nitrogens is 1. The highest BCUT2D eigenvalue weighted by molar-refractivity contribution is 6.31. The molecule has 1 atom stereocenters. The molecule has 5 nitrogen and oxygen atoms in total. The standard InChI is InChI=1S/C15H12Cl2N4O/c1-8(10-2-9(6-18)3-11(16)4-10)21-7-12(17)5-13(14(21)19)15(20)22/h2-5,7-8,19H,1H3,(H2,20,22). The molecule has 0 spiro atoms. The summed E-state index contributed by atoms with van der Waals surface area (Å²) in [6.45, 7) is 1.81. The van der Waals surface area contributed by atoms with Gasteiger partial charge in [-0.3, -0.25) is 10.2 Å². The number of halogens is 2. The first-order valence-electron chi connectivity index (χ1n) is 6.30. The van der Waals surface area contributed by atoms with Crippen molar-refractivity contribution < 1.29 is 4.79 Å². The van der Waals surface area contributed by atoms with E-state index < -0.39 is 5.91 Å². The van der Waals surface area contributed by atoms with Crippen molar-refractivity contribution in [2.45, 2.75) is 13.0 Å². The fourth-order valence-corrected chi connectivity index (χ4v) is 2.61. The van der Waals surface area contributed by atoms with Crippen LogP contribution < -0.4 is 11.2 Å². The van der Waals surface area contributed by atoms with Crippen molar-refractivity contribution in [1.29, 1.82) is 10.7 Å². The van der Waals surface area contributed by atoms with E-state index in [0.29, 0.717) is 15.6 Å². The number of nitrogens with zero attached hydrogens (tertiary/aromatic N) is 2. The number of pyridine rings is 1. The van der Waals surface area contributed by atoms with E-state index in [1.54, 1.807) is 18.2 Å². The van der Waals surface area contributed by atoms with Crippen LogP contribution in [0.25, 0.3) is 0 Å². The highest BCUT2D eigenvalue weighted by atomic mass is 35.5. The molecule has 1 heterocycles. The fourth-order valence-electron chi connectivity index (χ4n) is 2.15. The van der Waals surface area contributed by atoms with Gasteiger partial charge in [0.05, 0.1) is 28.3 Å². The van der Waals surface area contributed by atoms with E-state index in [0.717, 1.165) is 5.56 Å². The van der Waals surface area contributed by atoms with Crippen LogP contribution in [-0.2, 0) is 0 Å². The lowest BCUT2D eigenvalue weighted by Gasteiger charge is -2.18. The Morgan fingerprint density at radius 3 is 2.59 bits per heavy atom. The van der Waals surface area contributed by atoms with Crippen LogP contribution in [0.15, 0.2) is 30.5 Å². The maximum absolute atomic E-state index is 11.4. The third kappa shape index (κ3) is 3.14. The predicted octanol–water partition coefficient (Wildman–Crippen LogP) is 2.85. The van der Waals surface area contributed by atoms with E-state index in [-0.39, 0.29) is 17.1 Å². The molecule has 0 saturated heterocycles. The van der Waals surface area contributed by atoms with Gasteiger partial charge in [-0.15, -0.1) is 0 Å². The van der Waals surface area contributed by atoms with Gasteiger partial charge >= 0.3 is 0 Å². The van der Waals surface area contributed by atoms with E-state index in [1.807, 2.05) is 13.0 Å². The quantitative estimate of drug-likeness (QED) is 0.902. The normalized spacial score (nSPS) is 11.7. The largest absolute Gasteiger partial charge is 0.365 e. The van der Waals surface area contributed by atoms with Gasteiger partial charge in [0, 0.05) is 11.2 Å². The lowest BCUT2D eigenvalue weighted by Crippen LogP contribution is -2.31. The number of benzene rings is 1. The summed E-state index contributed by atoms with van der Waals surface area (Å²) in [7, 11) is 0. The number of nitrogens with two attached hydrogens (primary N) is 1. The van der Waals surface area contributed by atoms with Crippen molar-refractivity contribution in [2.24, 2.45) is 5.73 Å². The van der Waals surface area contributed by atoms with E-state index in [2.05, 4.69) is 0 Å². The molecule has 0 fully saturated rings. The lowest BCUT2D eigenvalue weighted by atomic mass is 10.0. The van der Waals surface area contributed by atoms with E-state index >= 15 is 0 Å². The second-order valence-corrected chi connectivity index (χ2v) is 5.63. The zero-order valence-electron chi connectivity index (χ0n) is 11.6. The molecule has 7 heteroatoms. The molecule has 1 aromatic heterocycles. The van der Waals surface area contributed by atoms with Crippen LogP contribution >= 0.6 is 23.2 Å². The summed E-state index contributed by atoms with van der Waals surface area (Å²) in [6, 6.07) is 7.96. The smallest absolute Gasteiger partial charge is 0.252 e. The molecule has 22 heavy (non-hydrogen) atoms. The van der Waals surface area contributed by atoms with Gasteiger partial charge in [0.1, 0.15) is 5.49 Å². The predicted molar refractivity (Wildman–Crippen MR) is 83.8 cm³/mol. The molecular weight excluding hydrogens is 323 g/mol. The first-order chi connectivity index (χ1) is 10.3. The summed E-state index contributed by atoms with van der Waals surface area (Å²) in [5, 5.41) is 17.8. The van der Waals surface area contributed by atoms with Crippen LogP contribution in [0.3, 0.4) is 0 Å². The molecule has 2 aromatic rings. The van der Waals surface area contributed by atoms with Crippen molar-refractivity contribution >= 4 is 29.1 Å². The first kappa shape index (κ1) is 16.1. The Hall–Kier alpha value is -2.29. The highest BCUT2D eigenvalue weighted by Crippen LogP contribution is 2.23. The minimum Gasteiger partial charge on any atom is -0.365 e. The minimum absolute atomic E-state index is 0.0295. The van der Waals surface area contributed by atoms with Crippen LogP contribution in [0.1, 0.15) is 34.5 Å². The van der Waals surface area contributed by atoms with E-state index in [1.165, 1.54) is 16.8 Å². The molecule has 1 amide bonds. The number of rotatable bonds is 3. The number of nitriles is 1. The Balaban J connectivity index is 2.62. The van der Waals surface area contributed by atoms with Crippen molar-refractivity contribution in [2.75, 3.05) is 0 Å². The van der Waals surface area contributed by atoms with Crippen LogP contribution in [-0.4, -0.2) is 10.5 Å². The molecule has 1 unspecified atom stereocenters. The maximum atomic E-state index is 11.4. The van der Waals surface area contributed by atoms with Gasteiger partial charge in [0.2, 0.25) is 0 Å². The second kappa shape index (κ2) is 6.22. The third-order valence-electron chi connectivity index (χ3n) is 3.27. The molecule has 0 radical (unpaired) electrons. The van der Waals surface area contributed by atoms with Gasteiger partial charge in [-0.2, -0.15) is 5.26 Å². The van der Waals surface area contributed by atoms with Crippen molar-refractivity contribution in [3.8, 4) is 6.07 Å². The molecule has 0 aliphatic heterocycles. The molecule has 0 aliphatic carbocycles. The second-order valence-electron chi connectivity index (χ2n) is 4.75. The number of hydrogen-bond donors (Lipinski definition) is 2. The third-order valence-corrected chi connectivity index (χ3v) is 3.70. The van der Waals surface area contributed by atoms with E-state index in [9.17, 15) is 4.79 Å². The molecule has 1 aromatic carbocycles. The summed E-state index contributed by atoms with van der Waals surface area (Å²) in [5.41, 5.74) is 6.38. The minimum atomic E-state index is -0.725. The Kier molecular flexibility index (Phi) is 4.55. The Morgan fingerprint density at radius 1 is 1.32 bits per heavy atom. The summed E-state index contributed by atoms with van der Waals surface area (Å²) in [6.07, 6.45) is 1.54. The summed E-state index contributed by atoms with van der Waals surface area (Å²) < 4.78 is 1.51. The van der Waals surface area contributed by atoms with Gasteiger partial charge in [0.25, 0.3) is 5.91 Å². The van der Waals surface area contributed by atoms with Crippen LogP contribution in [0.5, 0.6) is 0 Å². The van der Waals surface area contributed by atoms with Gasteiger partial charge in [-0.05, 0) is 36.8 Å². The average molecular weight is 335 g/mol. The molecule has 0 bridgehead atoms. The topological polar surface area (TPSA) is 95.7 Å². The molecule has 3 N–H and O–H groups in total. The number of hydrogen-bond acceptors (Lipinski definition) is 3.